The summed E-state index contributed by atoms with van der Waals surface area (Å²) in [6.07, 6.45) is 0. The molecular weight excluding hydrogens is 328 g/mol. The van der Waals surface area contributed by atoms with Gasteiger partial charge in [0.15, 0.2) is 11.7 Å². The van der Waals surface area contributed by atoms with Gasteiger partial charge in [0.2, 0.25) is 0 Å². The molecule has 0 aromatic heterocycles. The number of carbonyl (C=O) groups is 1. The molecule has 0 saturated carbocycles. The van der Waals surface area contributed by atoms with Gasteiger partial charge in [-0.1, -0.05) is 6.07 Å². The van der Waals surface area contributed by atoms with Crippen LogP contribution in [0.5, 0.6) is 17.2 Å². The van der Waals surface area contributed by atoms with Crippen molar-refractivity contribution < 1.29 is 19.4 Å². The highest BCUT2D eigenvalue weighted by atomic mass is 32.1. The summed E-state index contributed by atoms with van der Waals surface area (Å²) in [6.45, 7) is 1.70. The molecule has 0 aliphatic carbocycles. The maximum absolute atomic E-state index is 11.8. The van der Waals surface area contributed by atoms with E-state index in [0.717, 1.165) is 5.56 Å². The lowest BCUT2D eigenvalue weighted by atomic mass is 10.2. The van der Waals surface area contributed by atoms with Crippen LogP contribution >= 0.6 is 12.2 Å². The summed E-state index contributed by atoms with van der Waals surface area (Å²) in [7, 11) is 1.57. The summed E-state index contributed by atoms with van der Waals surface area (Å²) in [5, 5.41) is 15.1. The molecule has 0 saturated heterocycles. The highest BCUT2D eigenvalue weighted by Gasteiger charge is 2.08. The number of aromatic hydroxyl groups is 1. The Bertz CT molecular complexity index is 732. The Morgan fingerprint density at radius 2 is 1.83 bits per heavy atom. The van der Waals surface area contributed by atoms with Crippen LogP contribution in [0.15, 0.2) is 42.5 Å². The van der Waals surface area contributed by atoms with Crippen molar-refractivity contribution in [3.8, 4) is 17.2 Å². The number of phenolic OH excluding ortho intramolecular Hbond substituents is 1. The van der Waals surface area contributed by atoms with Crippen molar-refractivity contribution >= 4 is 28.9 Å². The molecule has 2 aromatic rings. The number of hydrogen-bond acceptors (Lipinski definition) is 5. The zero-order chi connectivity index (χ0) is 17.5. The predicted molar refractivity (Wildman–Crippen MR) is 95.7 cm³/mol. The molecule has 0 aliphatic rings. The van der Waals surface area contributed by atoms with E-state index in [9.17, 15) is 9.90 Å². The Labute approximate surface area is 145 Å². The Morgan fingerprint density at radius 1 is 1.17 bits per heavy atom. The molecular formula is C17H18N2O4S. The summed E-state index contributed by atoms with van der Waals surface area (Å²) in [5.74, 6) is 0.887. The molecule has 1 amide bonds. The van der Waals surface area contributed by atoms with Gasteiger partial charge in [-0.2, -0.15) is 0 Å². The van der Waals surface area contributed by atoms with Crippen LogP contribution in [-0.2, 0) is 4.79 Å². The number of ether oxygens (including phenoxy) is 2. The zero-order valence-corrected chi connectivity index (χ0v) is 14.1. The molecule has 0 atom stereocenters. The lowest BCUT2D eigenvalue weighted by Crippen LogP contribution is -2.37. The van der Waals surface area contributed by atoms with Gasteiger partial charge in [-0.3, -0.25) is 10.1 Å². The normalized spacial score (nSPS) is 9.92. The minimum atomic E-state index is -0.407. The molecule has 2 aromatic carbocycles. The quantitative estimate of drug-likeness (QED) is 0.570. The molecule has 6 nitrogen and oxygen atoms in total. The van der Waals surface area contributed by atoms with Gasteiger partial charge >= 0.3 is 0 Å². The first-order chi connectivity index (χ1) is 11.5. The second-order valence-electron chi connectivity index (χ2n) is 4.99. The van der Waals surface area contributed by atoms with Crippen LogP contribution in [0, 0.1) is 6.92 Å². The number of rotatable bonds is 5. The van der Waals surface area contributed by atoms with E-state index in [1.54, 1.807) is 49.6 Å². The molecule has 24 heavy (non-hydrogen) atoms. The number of amides is 1. The smallest absolute Gasteiger partial charge is 0.264 e. The molecule has 0 fully saturated rings. The van der Waals surface area contributed by atoms with Crippen molar-refractivity contribution in [2.45, 2.75) is 6.92 Å². The first kappa shape index (κ1) is 17.6. The van der Waals surface area contributed by atoms with Crippen molar-refractivity contribution in [2.75, 3.05) is 19.0 Å². The van der Waals surface area contributed by atoms with E-state index < -0.39 is 5.91 Å². The lowest BCUT2D eigenvalue weighted by Gasteiger charge is -2.12. The minimum absolute atomic E-state index is 0.0479. The van der Waals surface area contributed by atoms with E-state index in [4.69, 9.17) is 21.7 Å². The van der Waals surface area contributed by atoms with E-state index in [1.807, 2.05) is 6.92 Å². The van der Waals surface area contributed by atoms with Crippen molar-refractivity contribution in [1.29, 1.82) is 0 Å². The molecule has 3 N–H and O–H groups in total. The zero-order valence-electron chi connectivity index (χ0n) is 13.3. The van der Waals surface area contributed by atoms with E-state index in [0.29, 0.717) is 17.2 Å². The molecule has 0 bridgehead atoms. The van der Waals surface area contributed by atoms with Crippen molar-refractivity contribution in [2.24, 2.45) is 0 Å². The second kappa shape index (κ2) is 8.16. The summed E-state index contributed by atoms with van der Waals surface area (Å²) < 4.78 is 10.4. The summed E-state index contributed by atoms with van der Waals surface area (Å²) in [6, 6.07) is 11.9. The van der Waals surface area contributed by atoms with Crippen LogP contribution < -0.4 is 20.1 Å². The van der Waals surface area contributed by atoms with Crippen LogP contribution in [0.25, 0.3) is 0 Å². The minimum Gasteiger partial charge on any atom is -0.506 e. The molecule has 7 heteroatoms. The molecule has 0 unspecified atom stereocenters. The van der Waals surface area contributed by atoms with Crippen LogP contribution in [-0.4, -0.2) is 29.8 Å². The van der Waals surface area contributed by atoms with Crippen molar-refractivity contribution in [1.82, 2.24) is 5.32 Å². The number of nitrogens with one attached hydrogen (secondary N) is 2. The van der Waals surface area contributed by atoms with Gasteiger partial charge in [-0.25, -0.2) is 0 Å². The van der Waals surface area contributed by atoms with Gasteiger partial charge in [-0.15, -0.1) is 0 Å². The summed E-state index contributed by atoms with van der Waals surface area (Å²) in [5.41, 5.74) is 1.38. The van der Waals surface area contributed by atoms with Crippen molar-refractivity contribution in [3.63, 3.8) is 0 Å². The fraction of sp³-hybridized carbons (Fsp3) is 0.176. The maximum atomic E-state index is 11.8. The number of methoxy groups -OCH3 is 1. The van der Waals surface area contributed by atoms with Gasteiger partial charge in [0.25, 0.3) is 5.91 Å². The van der Waals surface area contributed by atoms with Crippen LogP contribution in [0.3, 0.4) is 0 Å². The van der Waals surface area contributed by atoms with Gasteiger partial charge in [0.1, 0.15) is 17.2 Å². The third kappa shape index (κ3) is 5.13. The largest absolute Gasteiger partial charge is 0.506 e. The van der Waals surface area contributed by atoms with E-state index in [-0.39, 0.29) is 17.5 Å². The third-order valence-electron chi connectivity index (χ3n) is 3.08. The predicted octanol–water partition coefficient (Wildman–Crippen LogP) is 2.60. The number of carbonyl (C=O) groups excluding carboxylic acids is 1. The Morgan fingerprint density at radius 3 is 2.50 bits per heavy atom. The number of thiocarbonyl (C=S) groups is 1. The van der Waals surface area contributed by atoms with Gasteiger partial charge in [-0.05, 0) is 61.1 Å². The van der Waals surface area contributed by atoms with Crippen LogP contribution in [0.2, 0.25) is 0 Å². The average Bonchev–Trinajstić information content (AvgIpc) is 2.56. The molecule has 0 aliphatic heterocycles. The highest BCUT2D eigenvalue weighted by Crippen LogP contribution is 2.23. The fourth-order valence-corrected chi connectivity index (χ4v) is 2.11. The monoisotopic (exact) mass is 346 g/mol. The van der Waals surface area contributed by atoms with Crippen LogP contribution in [0.1, 0.15) is 5.56 Å². The Balaban J connectivity index is 1.82. The van der Waals surface area contributed by atoms with Crippen LogP contribution in [0.4, 0.5) is 5.69 Å². The molecule has 2 rings (SSSR count). The molecule has 0 spiro atoms. The third-order valence-corrected chi connectivity index (χ3v) is 3.29. The van der Waals surface area contributed by atoms with Gasteiger partial charge in [0, 0.05) is 0 Å². The van der Waals surface area contributed by atoms with Gasteiger partial charge < -0.3 is 19.9 Å². The summed E-state index contributed by atoms with van der Waals surface area (Å²) in [4.78, 5) is 11.8. The molecule has 0 heterocycles. The second-order valence-corrected chi connectivity index (χ2v) is 5.40. The van der Waals surface area contributed by atoms with Gasteiger partial charge in [0.05, 0.1) is 12.8 Å². The number of benzene rings is 2. The lowest BCUT2D eigenvalue weighted by molar-refractivity contribution is -0.121. The van der Waals surface area contributed by atoms with E-state index in [2.05, 4.69) is 10.6 Å². The highest BCUT2D eigenvalue weighted by molar-refractivity contribution is 7.80. The first-order valence-electron chi connectivity index (χ1n) is 7.15. The number of phenols is 1. The number of anilines is 1. The average molecular weight is 346 g/mol. The number of hydrogen-bond donors (Lipinski definition) is 3. The maximum Gasteiger partial charge on any atom is 0.264 e. The topological polar surface area (TPSA) is 79.8 Å². The van der Waals surface area contributed by atoms with E-state index in [1.165, 1.54) is 0 Å². The first-order valence-corrected chi connectivity index (χ1v) is 7.56. The standard InChI is InChI=1S/C17H18N2O4S/c1-11-3-8-15(20)14(9-11)18-17(24)19-16(21)10-23-13-6-4-12(22-2)5-7-13/h3-9,20H,10H2,1-2H3,(H2,18,19,21,24). The molecule has 126 valence electrons. The SMILES string of the molecule is COc1ccc(OCC(=O)NC(=S)Nc2cc(C)ccc2O)cc1. The van der Waals surface area contributed by atoms with E-state index >= 15 is 0 Å². The van der Waals surface area contributed by atoms with Crippen molar-refractivity contribution in [3.05, 3.63) is 48.0 Å². The summed E-state index contributed by atoms with van der Waals surface area (Å²) >= 11 is 5.05. The number of aryl methyl sites for hydroxylation is 1. The Hall–Kier alpha value is -2.80. The molecule has 0 radical (unpaired) electrons. The Kier molecular flexibility index (Phi) is 5.97. The fourth-order valence-electron chi connectivity index (χ4n) is 1.89.